The Bertz CT molecular complexity index is 845. The molecule has 0 unspecified atom stereocenters. The predicted molar refractivity (Wildman–Crippen MR) is 106 cm³/mol. The van der Waals surface area contributed by atoms with E-state index in [0.717, 1.165) is 3.57 Å². The quantitative estimate of drug-likeness (QED) is 0.434. The van der Waals surface area contributed by atoms with E-state index in [1.807, 2.05) is 22.6 Å². The lowest BCUT2D eigenvalue weighted by molar-refractivity contribution is 0.0697. The highest BCUT2D eigenvalue weighted by atomic mass is 127. The Labute approximate surface area is 166 Å². The summed E-state index contributed by atoms with van der Waals surface area (Å²) in [5.41, 5.74) is 0.471. The van der Waals surface area contributed by atoms with Crippen molar-refractivity contribution < 1.29 is 14.7 Å². The van der Waals surface area contributed by atoms with E-state index < -0.39 is 11.9 Å². The lowest BCUT2D eigenvalue weighted by Gasteiger charge is -2.12. The molecule has 0 fully saturated rings. The maximum absolute atomic E-state index is 12.2. The number of aromatic carboxylic acids is 1. The Hall–Kier alpha value is -1.42. The fourth-order valence-corrected chi connectivity index (χ4v) is 2.89. The molecule has 0 aliphatic rings. The third-order valence-electron chi connectivity index (χ3n) is 2.88. The van der Waals surface area contributed by atoms with E-state index in [2.05, 4.69) is 10.6 Å². The average molecular weight is 495 g/mol. The van der Waals surface area contributed by atoms with Gasteiger partial charge in [-0.3, -0.25) is 10.1 Å². The van der Waals surface area contributed by atoms with Crippen molar-refractivity contribution in [3.05, 3.63) is 61.1 Å². The first-order valence-electron chi connectivity index (χ1n) is 6.38. The number of hydrogen-bond donors (Lipinski definition) is 3. The van der Waals surface area contributed by atoms with Gasteiger partial charge in [-0.05, 0) is 65.1 Å². The van der Waals surface area contributed by atoms with Gasteiger partial charge in [0.15, 0.2) is 5.11 Å². The van der Waals surface area contributed by atoms with Crippen LogP contribution in [0.2, 0.25) is 10.0 Å². The van der Waals surface area contributed by atoms with E-state index in [1.54, 1.807) is 24.3 Å². The summed E-state index contributed by atoms with van der Waals surface area (Å²) in [6, 6.07) is 9.41. The predicted octanol–water partition coefficient (Wildman–Crippen LogP) is 4.42. The lowest BCUT2D eigenvalue weighted by atomic mass is 10.2. The van der Waals surface area contributed by atoms with E-state index in [-0.39, 0.29) is 32.0 Å². The molecule has 0 saturated carbocycles. The molecule has 0 aliphatic carbocycles. The zero-order valence-electron chi connectivity index (χ0n) is 11.8. The molecule has 1 amide bonds. The molecule has 0 aliphatic heterocycles. The Morgan fingerprint density at radius 2 is 1.83 bits per heavy atom. The SMILES string of the molecule is O=C(O)c1cc(I)ccc1NC(=S)NC(=O)c1cccc(Cl)c1Cl. The van der Waals surface area contributed by atoms with E-state index >= 15 is 0 Å². The van der Waals surface area contributed by atoms with Crippen LogP contribution in [0.1, 0.15) is 20.7 Å². The van der Waals surface area contributed by atoms with Crippen LogP contribution in [0, 0.1) is 3.57 Å². The van der Waals surface area contributed by atoms with Gasteiger partial charge in [-0.2, -0.15) is 0 Å². The zero-order valence-corrected chi connectivity index (χ0v) is 16.3. The van der Waals surface area contributed by atoms with Crippen molar-refractivity contribution in [1.82, 2.24) is 5.32 Å². The van der Waals surface area contributed by atoms with Gasteiger partial charge in [0.2, 0.25) is 0 Å². The fourth-order valence-electron chi connectivity index (χ4n) is 1.81. The third-order valence-corrected chi connectivity index (χ3v) is 4.58. The van der Waals surface area contributed by atoms with Gasteiger partial charge in [-0.25, -0.2) is 4.79 Å². The first-order valence-corrected chi connectivity index (χ1v) is 8.63. The number of carbonyl (C=O) groups excluding carboxylic acids is 1. The van der Waals surface area contributed by atoms with Gasteiger partial charge in [-0.1, -0.05) is 29.3 Å². The summed E-state index contributed by atoms with van der Waals surface area (Å²) >= 11 is 18.9. The second-order valence-electron chi connectivity index (χ2n) is 4.50. The highest BCUT2D eigenvalue weighted by Gasteiger charge is 2.16. The maximum Gasteiger partial charge on any atom is 0.337 e. The standard InChI is InChI=1S/C15H9Cl2IN2O3S/c16-10-3-1-2-8(12(10)17)13(21)20-15(24)19-11-5-4-7(18)6-9(11)14(22)23/h1-6H,(H,22,23)(H2,19,20,21,24). The molecular weight excluding hydrogens is 486 g/mol. The Morgan fingerprint density at radius 3 is 2.50 bits per heavy atom. The van der Waals surface area contributed by atoms with Crippen molar-refractivity contribution in [3.63, 3.8) is 0 Å². The molecule has 3 N–H and O–H groups in total. The van der Waals surface area contributed by atoms with Crippen molar-refractivity contribution in [2.75, 3.05) is 5.32 Å². The summed E-state index contributed by atoms with van der Waals surface area (Å²) in [6.07, 6.45) is 0. The van der Waals surface area contributed by atoms with Crippen molar-refractivity contribution in [2.45, 2.75) is 0 Å². The molecule has 2 aromatic carbocycles. The van der Waals surface area contributed by atoms with E-state index in [9.17, 15) is 14.7 Å². The molecule has 124 valence electrons. The number of anilines is 1. The summed E-state index contributed by atoms with van der Waals surface area (Å²) in [6.45, 7) is 0. The van der Waals surface area contributed by atoms with Gasteiger partial charge in [0, 0.05) is 3.57 Å². The van der Waals surface area contributed by atoms with Crippen molar-refractivity contribution in [3.8, 4) is 0 Å². The molecule has 0 atom stereocenters. The molecule has 24 heavy (non-hydrogen) atoms. The summed E-state index contributed by atoms with van der Waals surface area (Å²) in [4.78, 5) is 23.5. The number of carboxylic acids is 1. The van der Waals surface area contributed by atoms with E-state index in [1.165, 1.54) is 12.1 Å². The van der Waals surface area contributed by atoms with Crippen LogP contribution >= 0.6 is 58.0 Å². The Balaban J connectivity index is 2.15. The highest BCUT2D eigenvalue weighted by Crippen LogP contribution is 2.25. The van der Waals surface area contributed by atoms with Gasteiger partial charge in [0.05, 0.1) is 26.9 Å². The minimum Gasteiger partial charge on any atom is -0.478 e. The number of halogens is 3. The number of benzene rings is 2. The topological polar surface area (TPSA) is 78.4 Å². The number of amides is 1. The maximum atomic E-state index is 12.2. The number of nitrogens with one attached hydrogen (secondary N) is 2. The number of thiocarbonyl (C=S) groups is 1. The molecule has 2 rings (SSSR count). The molecule has 5 nitrogen and oxygen atoms in total. The zero-order chi connectivity index (χ0) is 17.9. The van der Waals surface area contributed by atoms with Crippen molar-refractivity contribution >= 4 is 80.7 Å². The number of hydrogen-bond acceptors (Lipinski definition) is 3. The number of carboxylic acid groups (broad SMARTS) is 1. The smallest absolute Gasteiger partial charge is 0.337 e. The highest BCUT2D eigenvalue weighted by molar-refractivity contribution is 14.1. The van der Waals surface area contributed by atoms with Crippen LogP contribution in [-0.2, 0) is 0 Å². The Kier molecular flexibility index (Phi) is 6.39. The number of carbonyl (C=O) groups is 2. The minimum atomic E-state index is -1.11. The van der Waals surface area contributed by atoms with E-state index in [4.69, 9.17) is 35.4 Å². The lowest BCUT2D eigenvalue weighted by Crippen LogP contribution is -2.34. The monoisotopic (exact) mass is 494 g/mol. The van der Waals surface area contributed by atoms with Crippen LogP contribution in [-0.4, -0.2) is 22.1 Å². The summed E-state index contributed by atoms with van der Waals surface area (Å²) < 4.78 is 0.760. The first kappa shape index (κ1) is 18.9. The second kappa shape index (κ2) is 8.11. The second-order valence-corrected chi connectivity index (χ2v) is 6.94. The van der Waals surface area contributed by atoms with Crippen molar-refractivity contribution in [1.29, 1.82) is 0 Å². The van der Waals surface area contributed by atoms with Crippen LogP contribution < -0.4 is 10.6 Å². The average Bonchev–Trinajstić information content (AvgIpc) is 2.51. The molecule has 9 heteroatoms. The normalized spacial score (nSPS) is 10.1. The molecule has 0 heterocycles. The van der Waals surface area contributed by atoms with Crippen LogP contribution in [0.5, 0.6) is 0 Å². The summed E-state index contributed by atoms with van der Waals surface area (Å²) in [5.74, 6) is -1.66. The first-order chi connectivity index (χ1) is 11.3. The molecular formula is C15H9Cl2IN2O3S. The fraction of sp³-hybridized carbons (Fsp3) is 0. The van der Waals surface area contributed by atoms with Gasteiger partial charge in [0.25, 0.3) is 5.91 Å². The molecule has 0 spiro atoms. The number of rotatable bonds is 3. The minimum absolute atomic E-state index is 0.0410. The van der Waals surface area contributed by atoms with Crippen molar-refractivity contribution in [2.24, 2.45) is 0 Å². The molecule has 0 aromatic heterocycles. The van der Waals surface area contributed by atoms with Gasteiger partial charge < -0.3 is 10.4 Å². The third kappa shape index (κ3) is 4.56. The molecule has 0 saturated heterocycles. The van der Waals surface area contributed by atoms with Crippen LogP contribution in [0.4, 0.5) is 5.69 Å². The summed E-state index contributed by atoms with van der Waals surface area (Å²) in [5, 5.41) is 14.7. The van der Waals surface area contributed by atoms with Gasteiger partial charge >= 0.3 is 5.97 Å². The molecule has 0 radical (unpaired) electrons. The van der Waals surface area contributed by atoms with E-state index in [0.29, 0.717) is 0 Å². The van der Waals surface area contributed by atoms with Gasteiger partial charge in [-0.15, -0.1) is 0 Å². The molecule has 0 bridgehead atoms. The summed E-state index contributed by atoms with van der Waals surface area (Å²) in [7, 11) is 0. The van der Waals surface area contributed by atoms with Crippen LogP contribution in [0.3, 0.4) is 0 Å². The van der Waals surface area contributed by atoms with Crippen LogP contribution in [0.15, 0.2) is 36.4 Å². The van der Waals surface area contributed by atoms with Gasteiger partial charge in [0.1, 0.15) is 0 Å². The Morgan fingerprint density at radius 1 is 1.12 bits per heavy atom. The largest absolute Gasteiger partial charge is 0.478 e. The van der Waals surface area contributed by atoms with Crippen LogP contribution in [0.25, 0.3) is 0 Å². The molecule has 2 aromatic rings.